The molecule has 0 aliphatic carbocycles. The van der Waals surface area contributed by atoms with Crippen molar-refractivity contribution in [2.45, 2.75) is 26.3 Å². The first kappa shape index (κ1) is 24.6. The number of likely N-dealkylation sites (N-methyl/N-ethyl adjacent to an activating group) is 1. The number of amides is 1. The molecule has 2 aromatic rings. The average Bonchev–Trinajstić information content (AvgIpc) is 2.68. The Kier molecular flexibility index (Phi) is 10.0. The fraction of sp³-hybridized carbons (Fsp3) is 0.318. The lowest BCUT2D eigenvalue weighted by atomic mass is 10.0. The normalized spacial score (nSPS) is 10.2. The number of anilines is 1. The van der Waals surface area contributed by atoms with E-state index in [-0.39, 0.29) is 5.91 Å². The highest BCUT2D eigenvalue weighted by atomic mass is 16.5. The van der Waals surface area contributed by atoms with Crippen LogP contribution < -0.4 is 10.1 Å². The lowest BCUT2D eigenvalue weighted by Gasteiger charge is -2.18. The molecule has 0 unspecified atom stereocenters. The summed E-state index contributed by atoms with van der Waals surface area (Å²) in [6, 6.07) is 15.9. The molecular formula is C22H28N2O6. The van der Waals surface area contributed by atoms with Crippen molar-refractivity contribution in [2.75, 3.05) is 26.0 Å². The highest BCUT2D eigenvalue weighted by Gasteiger charge is 2.11. The Balaban J connectivity index is 0.000000656. The first-order valence-corrected chi connectivity index (χ1v) is 9.30. The Hall–Kier alpha value is -3.39. The molecule has 162 valence electrons. The quantitative estimate of drug-likeness (QED) is 0.594. The van der Waals surface area contributed by atoms with Crippen molar-refractivity contribution in [2.24, 2.45) is 0 Å². The molecule has 3 N–H and O–H groups in total. The molecule has 0 saturated carbocycles. The van der Waals surface area contributed by atoms with E-state index in [1.54, 1.807) is 7.11 Å². The van der Waals surface area contributed by atoms with Crippen molar-refractivity contribution < 1.29 is 29.3 Å². The topological polar surface area (TPSA) is 116 Å². The van der Waals surface area contributed by atoms with Crippen LogP contribution in [0.1, 0.15) is 30.9 Å². The maximum absolute atomic E-state index is 12.3. The second-order valence-corrected chi connectivity index (χ2v) is 6.92. The van der Waals surface area contributed by atoms with E-state index in [0.717, 1.165) is 22.6 Å². The average molecular weight is 416 g/mol. The summed E-state index contributed by atoms with van der Waals surface area (Å²) in [5.41, 5.74) is 3.17. The van der Waals surface area contributed by atoms with Crippen molar-refractivity contribution in [3.63, 3.8) is 0 Å². The van der Waals surface area contributed by atoms with Gasteiger partial charge in [-0.2, -0.15) is 0 Å². The molecule has 0 aliphatic rings. The van der Waals surface area contributed by atoms with Crippen molar-refractivity contribution in [1.29, 1.82) is 0 Å². The van der Waals surface area contributed by atoms with Crippen LogP contribution in [-0.4, -0.2) is 53.7 Å². The van der Waals surface area contributed by atoms with Gasteiger partial charge in [0.25, 0.3) is 0 Å². The number of carboxylic acid groups (broad SMARTS) is 2. The minimum absolute atomic E-state index is 0.00602. The lowest BCUT2D eigenvalue weighted by Crippen LogP contribution is -2.30. The van der Waals surface area contributed by atoms with Crippen LogP contribution in [-0.2, 0) is 20.9 Å². The third-order valence-electron chi connectivity index (χ3n) is 4.04. The van der Waals surface area contributed by atoms with Crippen LogP contribution in [0.15, 0.2) is 48.5 Å². The zero-order valence-electron chi connectivity index (χ0n) is 17.6. The summed E-state index contributed by atoms with van der Waals surface area (Å²) < 4.78 is 5.23. The largest absolute Gasteiger partial charge is 0.497 e. The first-order chi connectivity index (χ1) is 14.1. The van der Waals surface area contributed by atoms with Gasteiger partial charge in [0.15, 0.2) is 0 Å². The van der Waals surface area contributed by atoms with Crippen LogP contribution in [0.4, 0.5) is 5.69 Å². The van der Waals surface area contributed by atoms with Gasteiger partial charge in [-0.3, -0.25) is 9.69 Å². The van der Waals surface area contributed by atoms with Gasteiger partial charge < -0.3 is 20.3 Å². The summed E-state index contributed by atoms with van der Waals surface area (Å²) in [6.45, 7) is 5.28. The molecule has 0 aromatic heterocycles. The van der Waals surface area contributed by atoms with E-state index in [0.29, 0.717) is 19.0 Å². The highest BCUT2D eigenvalue weighted by molar-refractivity contribution is 6.27. The standard InChI is InChI=1S/C20H26N2O2.C2H2O4/c1-15(2)18-10-5-6-11-19(18)21-20(23)14-22(3)13-16-8-7-9-17(12-16)24-4;3-1(4)2(5)6/h5-12,15H,13-14H2,1-4H3,(H,21,23);(H,3,4)(H,5,6). The summed E-state index contributed by atoms with van der Waals surface area (Å²) in [4.78, 5) is 32.5. The number of aliphatic carboxylic acids is 2. The monoisotopic (exact) mass is 416 g/mol. The van der Waals surface area contributed by atoms with E-state index >= 15 is 0 Å². The molecule has 30 heavy (non-hydrogen) atoms. The minimum Gasteiger partial charge on any atom is -0.497 e. The van der Waals surface area contributed by atoms with E-state index in [4.69, 9.17) is 24.5 Å². The smallest absolute Gasteiger partial charge is 0.414 e. The summed E-state index contributed by atoms with van der Waals surface area (Å²) in [7, 11) is 3.59. The molecule has 0 bridgehead atoms. The summed E-state index contributed by atoms with van der Waals surface area (Å²) >= 11 is 0. The predicted molar refractivity (Wildman–Crippen MR) is 114 cm³/mol. The summed E-state index contributed by atoms with van der Waals surface area (Å²) in [5, 5.41) is 17.8. The van der Waals surface area contributed by atoms with Crippen molar-refractivity contribution in [3.8, 4) is 5.75 Å². The molecule has 0 atom stereocenters. The SMILES string of the molecule is COc1cccc(CN(C)CC(=O)Nc2ccccc2C(C)C)c1.O=C(O)C(=O)O. The molecule has 0 spiro atoms. The highest BCUT2D eigenvalue weighted by Crippen LogP contribution is 2.23. The minimum atomic E-state index is -1.82. The van der Waals surface area contributed by atoms with Gasteiger partial charge in [0.2, 0.25) is 5.91 Å². The second kappa shape index (κ2) is 12.2. The summed E-state index contributed by atoms with van der Waals surface area (Å²) in [6.07, 6.45) is 0. The molecule has 0 aliphatic heterocycles. The number of carbonyl (C=O) groups is 3. The second-order valence-electron chi connectivity index (χ2n) is 6.92. The van der Waals surface area contributed by atoms with Crippen molar-refractivity contribution >= 4 is 23.5 Å². The number of carboxylic acids is 2. The van der Waals surface area contributed by atoms with E-state index in [2.05, 4.69) is 25.2 Å². The third kappa shape index (κ3) is 8.74. The van der Waals surface area contributed by atoms with Crippen LogP contribution in [0, 0.1) is 0 Å². The van der Waals surface area contributed by atoms with Gasteiger partial charge in [0, 0.05) is 12.2 Å². The molecule has 0 fully saturated rings. The van der Waals surface area contributed by atoms with Gasteiger partial charge in [-0.05, 0) is 42.3 Å². The zero-order valence-corrected chi connectivity index (χ0v) is 17.6. The number of hydrogen-bond acceptors (Lipinski definition) is 5. The Morgan fingerprint density at radius 2 is 1.67 bits per heavy atom. The fourth-order valence-electron chi connectivity index (χ4n) is 2.69. The predicted octanol–water partition coefficient (Wildman–Crippen LogP) is 3.04. The molecule has 0 radical (unpaired) electrons. The number of nitrogens with zero attached hydrogens (tertiary/aromatic N) is 1. The number of nitrogens with one attached hydrogen (secondary N) is 1. The Morgan fingerprint density at radius 1 is 1.03 bits per heavy atom. The lowest BCUT2D eigenvalue weighted by molar-refractivity contribution is -0.159. The Bertz CT molecular complexity index is 854. The van der Waals surface area contributed by atoms with Crippen molar-refractivity contribution in [3.05, 3.63) is 59.7 Å². The van der Waals surface area contributed by atoms with Gasteiger partial charge in [0.1, 0.15) is 5.75 Å². The number of ether oxygens (including phenoxy) is 1. The molecule has 8 nitrogen and oxygen atoms in total. The Morgan fingerprint density at radius 3 is 2.23 bits per heavy atom. The number of para-hydroxylation sites is 1. The molecule has 2 rings (SSSR count). The maximum Gasteiger partial charge on any atom is 0.414 e. The van der Waals surface area contributed by atoms with Crippen LogP contribution in [0.25, 0.3) is 0 Å². The van der Waals surface area contributed by atoms with Crippen LogP contribution in [0.3, 0.4) is 0 Å². The molecule has 0 heterocycles. The number of carbonyl (C=O) groups excluding carboxylic acids is 1. The fourth-order valence-corrected chi connectivity index (χ4v) is 2.69. The van der Waals surface area contributed by atoms with Gasteiger partial charge in [-0.25, -0.2) is 9.59 Å². The van der Waals surface area contributed by atoms with Crippen molar-refractivity contribution in [1.82, 2.24) is 4.90 Å². The number of rotatable bonds is 7. The zero-order chi connectivity index (χ0) is 22.7. The number of hydrogen-bond donors (Lipinski definition) is 3. The van der Waals surface area contributed by atoms with E-state index < -0.39 is 11.9 Å². The van der Waals surface area contributed by atoms with E-state index in [1.165, 1.54) is 0 Å². The van der Waals surface area contributed by atoms with Crippen LogP contribution >= 0.6 is 0 Å². The number of methoxy groups -OCH3 is 1. The van der Waals surface area contributed by atoms with E-state index in [1.807, 2.05) is 54.4 Å². The molecule has 8 heteroatoms. The molecule has 1 amide bonds. The van der Waals surface area contributed by atoms with Gasteiger partial charge in [0.05, 0.1) is 13.7 Å². The van der Waals surface area contributed by atoms with Gasteiger partial charge in [-0.15, -0.1) is 0 Å². The van der Waals surface area contributed by atoms with E-state index in [9.17, 15) is 4.79 Å². The van der Waals surface area contributed by atoms with Gasteiger partial charge in [-0.1, -0.05) is 44.2 Å². The van der Waals surface area contributed by atoms with Crippen LogP contribution in [0.5, 0.6) is 5.75 Å². The Labute approximate surface area is 176 Å². The first-order valence-electron chi connectivity index (χ1n) is 9.30. The van der Waals surface area contributed by atoms with Gasteiger partial charge >= 0.3 is 11.9 Å². The third-order valence-corrected chi connectivity index (χ3v) is 4.04. The molecular weight excluding hydrogens is 388 g/mol. The molecule has 2 aromatic carbocycles. The summed E-state index contributed by atoms with van der Waals surface area (Å²) in [5.74, 6) is -2.45. The maximum atomic E-state index is 12.3. The molecule has 0 saturated heterocycles. The number of benzene rings is 2. The van der Waals surface area contributed by atoms with Crippen LogP contribution in [0.2, 0.25) is 0 Å².